The second kappa shape index (κ2) is 8.16. The van der Waals surface area contributed by atoms with Crippen LogP contribution in [0, 0.1) is 11.8 Å². The number of fused-ring (bicyclic) bond motifs is 1. The minimum atomic E-state index is -4.84. The third kappa shape index (κ3) is 4.19. The first kappa shape index (κ1) is 22.5. The SMILES string of the molecule is CCC(C)n1nc(-c2cnc(N)c(OC(F)(F)F)c2)cc1C1[C@H]2CC(N(C)C3COC3)C[C@@H]12. The van der Waals surface area contributed by atoms with Gasteiger partial charge >= 0.3 is 6.36 Å². The molecule has 2 aromatic heterocycles. The highest BCUT2D eigenvalue weighted by molar-refractivity contribution is 5.64. The number of anilines is 1. The molecule has 1 saturated heterocycles. The number of nitrogens with zero attached hydrogens (tertiary/aromatic N) is 4. The van der Waals surface area contributed by atoms with Gasteiger partial charge in [-0.3, -0.25) is 9.58 Å². The number of nitrogens with two attached hydrogens (primary N) is 1. The molecule has 3 unspecified atom stereocenters. The monoisotopic (exact) mass is 465 g/mol. The zero-order valence-electron chi connectivity index (χ0n) is 19.0. The Labute approximate surface area is 191 Å². The molecule has 1 aliphatic heterocycles. The van der Waals surface area contributed by atoms with Crippen LogP contribution in [-0.4, -0.2) is 58.4 Å². The highest BCUT2D eigenvalue weighted by atomic mass is 19.4. The van der Waals surface area contributed by atoms with E-state index in [4.69, 9.17) is 15.6 Å². The van der Waals surface area contributed by atoms with Crippen LogP contribution in [0.2, 0.25) is 0 Å². The molecule has 3 fully saturated rings. The highest BCUT2D eigenvalue weighted by Crippen LogP contribution is 2.64. The van der Waals surface area contributed by atoms with Crippen molar-refractivity contribution >= 4 is 5.82 Å². The third-order valence-corrected chi connectivity index (χ3v) is 7.71. The number of halogens is 3. The van der Waals surface area contributed by atoms with Gasteiger partial charge in [0.1, 0.15) is 0 Å². The van der Waals surface area contributed by atoms with E-state index in [0.717, 1.165) is 38.2 Å². The second-order valence-electron chi connectivity index (χ2n) is 9.65. The Morgan fingerprint density at radius 2 is 1.94 bits per heavy atom. The van der Waals surface area contributed by atoms with E-state index in [1.165, 1.54) is 12.3 Å². The maximum atomic E-state index is 12.7. The molecule has 0 spiro atoms. The van der Waals surface area contributed by atoms with E-state index in [1.807, 2.05) is 6.07 Å². The van der Waals surface area contributed by atoms with Gasteiger partial charge in [-0.15, -0.1) is 13.2 Å². The van der Waals surface area contributed by atoms with Crippen molar-refractivity contribution in [2.24, 2.45) is 11.8 Å². The van der Waals surface area contributed by atoms with E-state index >= 15 is 0 Å². The summed E-state index contributed by atoms with van der Waals surface area (Å²) in [5.41, 5.74) is 7.81. The number of alkyl halides is 3. The fraction of sp³-hybridized carbons (Fsp3) is 0.652. The normalized spacial score (nSPS) is 28.0. The summed E-state index contributed by atoms with van der Waals surface area (Å²) < 4.78 is 49.7. The van der Waals surface area contributed by atoms with Gasteiger partial charge in [-0.25, -0.2) is 4.98 Å². The van der Waals surface area contributed by atoms with Crippen LogP contribution in [0.5, 0.6) is 5.75 Å². The van der Waals surface area contributed by atoms with Crippen molar-refractivity contribution in [3.05, 3.63) is 24.0 Å². The third-order valence-electron chi connectivity index (χ3n) is 7.71. The number of likely N-dealkylation sites (N-methyl/N-ethyl adjacent to an activating group) is 1. The lowest BCUT2D eigenvalue weighted by atomic mass is 10.0. The fourth-order valence-electron chi connectivity index (χ4n) is 5.47. The van der Waals surface area contributed by atoms with Crippen molar-refractivity contribution in [1.29, 1.82) is 0 Å². The predicted octanol–water partition coefficient (Wildman–Crippen LogP) is 4.22. The summed E-state index contributed by atoms with van der Waals surface area (Å²) in [4.78, 5) is 6.39. The van der Waals surface area contributed by atoms with Crippen molar-refractivity contribution in [2.45, 2.75) is 63.5 Å². The topological polar surface area (TPSA) is 78.4 Å². The average Bonchev–Trinajstić information content (AvgIpc) is 3.07. The molecule has 2 N–H and O–H groups in total. The van der Waals surface area contributed by atoms with E-state index in [9.17, 15) is 13.2 Å². The number of aromatic nitrogens is 3. The quantitative estimate of drug-likeness (QED) is 0.660. The molecule has 0 radical (unpaired) electrons. The lowest BCUT2D eigenvalue weighted by Gasteiger charge is -2.39. The highest BCUT2D eigenvalue weighted by Gasteiger charge is 2.59. The molecule has 3 heterocycles. The number of nitrogen functional groups attached to an aromatic ring is 1. The summed E-state index contributed by atoms with van der Waals surface area (Å²) in [6.07, 6.45) is -0.153. The molecular weight excluding hydrogens is 435 g/mol. The van der Waals surface area contributed by atoms with Gasteiger partial charge in [-0.1, -0.05) is 6.92 Å². The smallest absolute Gasteiger partial charge is 0.402 e. The van der Waals surface area contributed by atoms with Gasteiger partial charge in [0.25, 0.3) is 0 Å². The maximum absolute atomic E-state index is 12.7. The molecule has 0 aromatic carbocycles. The first-order valence-corrected chi connectivity index (χ1v) is 11.6. The Bertz CT molecular complexity index is 1010. The Hall–Kier alpha value is -2.33. The molecule has 7 nitrogen and oxygen atoms in total. The molecular formula is C23H30F3N5O2. The van der Waals surface area contributed by atoms with Crippen LogP contribution >= 0.6 is 0 Å². The van der Waals surface area contributed by atoms with Crippen molar-refractivity contribution in [3.63, 3.8) is 0 Å². The van der Waals surface area contributed by atoms with Crippen LogP contribution in [0.4, 0.5) is 19.0 Å². The summed E-state index contributed by atoms with van der Waals surface area (Å²) in [5, 5.41) is 4.78. The first-order valence-electron chi connectivity index (χ1n) is 11.6. The lowest BCUT2D eigenvalue weighted by Crippen LogP contribution is -2.51. The standard InChI is InChI=1S/C23H30F3N5O2/c1-4-12(2)31-19(21-16-6-14(7-17(16)21)30(3)15-10-32-11-15)8-18(29-31)13-5-20(22(27)28-9-13)33-23(24,25)26/h5,8-9,12,14-17,21H,4,6-7,10-11H2,1-3H3,(H2,27,28)/t12?,14?,16-,17+,21?. The zero-order chi connectivity index (χ0) is 23.5. The maximum Gasteiger partial charge on any atom is 0.573 e. The van der Waals surface area contributed by atoms with Gasteiger partial charge in [0.15, 0.2) is 11.6 Å². The van der Waals surface area contributed by atoms with Crippen molar-refractivity contribution in [1.82, 2.24) is 19.7 Å². The van der Waals surface area contributed by atoms with Gasteiger partial charge in [0.05, 0.1) is 24.9 Å². The van der Waals surface area contributed by atoms with Gasteiger partial charge in [-0.05, 0) is 57.2 Å². The minimum Gasteiger partial charge on any atom is -0.402 e. The number of hydrogen-bond donors (Lipinski definition) is 1. The second-order valence-corrected chi connectivity index (χ2v) is 9.65. The van der Waals surface area contributed by atoms with Crippen LogP contribution in [0.1, 0.15) is 50.8 Å². The Morgan fingerprint density at radius 3 is 2.52 bits per heavy atom. The molecule has 2 saturated carbocycles. The number of pyridine rings is 1. The molecule has 5 atom stereocenters. The van der Waals surface area contributed by atoms with Crippen LogP contribution in [0.3, 0.4) is 0 Å². The van der Waals surface area contributed by atoms with Crippen LogP contribution in [0.15, 0.2) is 18.3 Å². The number of rotatable bonds is 7. The van der Waals surface area contributed by atoms with Crippen molar-refractivity contribution < 1.29 is 22.6 Å². The Kier molecular flexibility index (Phi) is 5.55. The van der Waals surface area contributed by atoms with Gasteiger partial charge in [0.2, 0.25) is 0 Å². The molecule has 33 heavy (non-hydrogen) atoms. The Morgan fingerprint density at radius 1 is 1.24 bits per heavy atom. The summed E-state index contributed by atoms with van der Waals surface area (Å²) in [5.74, 6) is 0.879. The molecule has 10 heteroatoms. The van der Waals surface area contributed by atoms with E-state index in [2.05, 4.69) is 40.2 Å². The largest absolute Gasteiger partial charge is 0.573 e. The molecule has 0 bridgehead atoms. The van der Waals surface area contributed by atoms with E-state index < -0.39 is 12.1 Å². The van der Waals surface area contributed by atoms with E-state index in [-0.39, 0.29) is 11.9 Å². The summed E-state index contributed by atoms with van der Waals surface area (Å²) >= 11 is 0. The van der Waals surface area contributed by atoms with Crippen LogP contribution in [-0.2, 0) is 4.74 Å². The van der Waals surface area contributed by atoms with Crippen LogP contribution < -0.4 is 10.5 Å². The molecule has 3 aliphatic rings. The molecule has 2 aromatic rings. The van der Waals surface area contributed by atoms with Gasteiger partial charge in [0, 0.05) is 35.5 Å². The zero-order valence-corrected chi connectivity index (χ0v) is 19.0. The van der Waals surface area contributed by atoms with E-state index in [0.29, 0.717) is 41.1 Å². The summed E-state index contributed by atoms with van der Waals surface area (Å²) in [7, 11) is 2.20. The minimum absolute atomic E-state index is 0.188. The average molecular weight is 466 g/mol. The molecule has 2 aliphatic carbocycles. The van der Waals surface area contributed by atoms with Crippen LogP contribution in [0.25, 0.3) is 11.3 Å². The number of hydrogen-bond acceptors (Lipinski definition) is 6. The first-order chi connectivity index (χ1) is 15.7. The lowest BCUT2D eigenvalue weighted by molar-refractivity contribution is -0.274. The van der Waals surface area contributed by atoms with E-state index in [1.54, 1.807) is 0 Å². The van der Waals surface area contributed by atoms with Crippen molar-refractivity contribution in [2.75, 3.05) is 26.0 Å². The van der Waals surface area contributed by atoms with Gasteiger partial charge in [-0.2, -0.15) is 5.10 Å². The molecule has 180 valence electrons. The fourth-order valence-corrected chi connectivity index (χ4v) is 5.47. The predicted molar refractivity (Wildman–Crippen MR) is 117 cm³/mol. The number of ether oxygens (including phenoxy) is 2. The summed E-state index contributed by atoms with van der Waals surface area (Å²) in [6, 6.07) is 4.59. The summed E-state index contributed by atoms with van der Waals surface area (Å²) in [6.45, 7) is 5.87. The van der Waals surface area contributed by atoms with Crippen molar-refractivity contribution in [3.8, 4) is 17.0 Å². The molecule has 0 amide bonds. The van der Waals surface area contributed by atoms with Gasteiger partial charge < -0.3 is 15.2 Å². The molecule has 5 rings (SSSR count). The Balaban J connectivity index is 1.38.